The topological polar surface area (TPSA) is 101 Å². The summed E-state index contributed by atoms with van der Waals surface area (Å²) in [5.74, 6) is 0. The molecule has 0 saturated carbocycles. The fraction of sp³-hybridized carbons (Fsp3) is 0.308. The number of sulfonamides is 1. The van der Waals surface area contributed by atoms with E-state index in [9.17, 15) is 8.42 Å². The van der Waals surface area contributed by atoms with E-state index in [1.54, 1.807) is 18.3 Å². The van der Waals surface area contributed by atoms with E-state index in [4.69, 9.17) is 5.14 Å². The average Bonchev–Trinajstić information content (AvgIpc) is 2.81. The summed E-state index contributed by atoms with van der Waals surface area (Å²) in [5.41, 5.74) is 2.97. The number of aromatic amines is 1. The molecule has 0 aliphatic heterocycles. The van der Waals surface area contributed by atoms with Crippen LogP contribution in [-0.2, 0) is 16.6 Å². The van der Waals surface area contributed by atoms with Gasteiger partial charge in [0.05, 0.1) is 11.1 Å². The van der Waals surface area contributed by atoms with Crippen LogP contribution in [0.2, 0.25) is 0 Å². The van der Waals surface area contributed by atoms with E-state index in [1.165, 1.54) is 6.07 Å². The fourth-order valence-corrected chi connectivity index (χ4v) is 2.46. The molecule has 0 aliphatic carbocycles. The number of primary sulfonamides is 1. The third-order valence-electron chi connectivity index (χ3n) is 3.22. The molecule has 1 unspecified atom stereocenters. The van der Waals surface area contributed by atoms with Gasteiger partial charge < -0.3 is 5.32 Å². The Kier molecular flexibility index (Phi) is 4.22. The monoisotopic (exact) mass is 294 g/mol. The van der Waals surface area contributed by atoms with Gasteiger partial charge in [-0.25, -0.2) is 13.6 Å². The molecule has 0 radical (unpaired) electrons. The number of rotatable bonds is 5. The van der Waals surface area contributed by atoms with Crippen LogP contribution in [0.25, 0.3) is 0 Å². The molecule has 1 aromatic heterocycles. The predicted molar refractivity (Wildman–Crippen MR) is 76.4 cm³/mol. The Morgan fingerprint density at radius 3 is 2.80 bits per heavy atom. The second-order valence-corrected chi connectivity index (χ2v) is 6.30. The standard InChI is InChI=1S/C13H18N4O2S/c1-9(15-7-12-8-16-17-10(12)2)11-4-3-5-13(6-11)20(14,18)19/h3-6,8-9,15H,7H2,1-2H3,(H,16,17)(H2,14,18,19). The Morgan fingerprint density at radius 1 is 1.45 bits per heavy atom. The zero-order valence-electron chi connectivity index (χ0n) is 11.4. The summed E-state index contributed by atoms with van der Waals surface area (Å²) in [7, 11) is -3.67. The van der Waals surface area contributed by atoms with E-state index < -0.39 is 10.0 Å². The highest BCUT2D eigenvalue weighted by atomic mass is 32.2. The molecule has 0 aliphatic rings. The molecule has 4 N–H and O–H groups in total. The van der Waals surface area contributed by atoms with Crippen molar-refractivity contribution in [1.29, 1.82) is 0 Å². The Labute approximate surface area is 118 Å². The first-order chi connectivity index (χ1) is 9.38. The van der Waals surface area contributed by atoms with Gasteiger partial charge >= 0.3 is 0 Å². The highest BCUT2D eigenvalue weighted by Gasteiger charge is 2.11. The first-order valence-electron chi connectivity index (χ1n) is 6.23. The molecule has 0 saturated heterocycles. The lowest BCUT2D eigenvalue weighted by Gasteiger charge is -2.14. The second-order valence-electron chi connectivity index (χ2n) is 4.74. The summed E-state index contributed by atoms with van der Waals surface area (Å²) < 4.78 is 22.7. The molecule has 0 bridgehead atoms. The first-order valence-corrected chi connectivity index (χ1v) is 7.77. The van der Waals surface area contributed by atoms with Crippen LogP contribution in [-0.4, -0.2) is 18.6 Å². The molecule has 108 valence electrons. The van der Waals surface area contributed by atoms with Crippen molar-refractivity contribution in [2.75, 3.05) is 0 Å². The van der Waals surface area contributed by atoms with E-state index in [1.807, 2.05) is 19.9 Å². The number of nitrogens with two attached hydrogens (primary N) is 1. The highest BCUT2D eigenvalue weighted by Crippen LogP contribution is 2.17. The molecule has 2 rings (SSSR count). The summed E-state index contributed by atoms with van der Waals surface area (Å²) in [6, 6.07) is 6.65. The third-order valence-corrected chi connectivity index (χ3v) is 4.13. The lowest BCUT2D eigenvalue weighted by molar-refractivity contribution is 0.571. The van der Waals surface area contributed by atoms with Crippen molar-refractivity contribution >= 4 is 10.0 Å². The smallest absolute Gasteiger partial charge is 0.238 e. The predicted octanol–water partition coefficient (Wildman–Crippen LogP) is 1.22. The molecule has 1 aromatic carbocycles. The summed E-state index contributed by atoms with van der Waals surface area (Å²) in [6.45, 7) is 4.58. The molecule has 20 heavy (non-hydrogen) atoms. The van der Waals surface area contributed by atoms with Gasteiger partial charge in [-0.05, 0) is 31.5 Å². The molecule has 2 aromatic rings. The number of nitrogens with zero attached hydrogens (tertiary/aromatic N) is 1. The van der Waals surface area contributed by atoms with E-state index in [2.05, 4.69) is 15.5 Å². The van der Waals surface area contributed by atoms with Crippen molar-refractivity contribution in [3.8, 4) is 0 Å². The number of hydrogen-bond donors (Lipinski definition) is 3. The van der Waals surface area contributed by atoms with Crippen LogP contribution in [0.4, 0.5) is 0 Å². The Bertz CT molecular complexity index is 694. The quantitative estimate of drug-likeness (QED) is 0.771. The van der Waals surface area contributed by atoms with Crippen molar-refractivity contribution < 1.29 is 8.42 Å². The van der Waals surface area contributed by atoms with Gasteiger partial charge in [0.1, 0.15) is 0 Å². The lowest BCUT2D eigenvalue weighted by Crippen LogP contribution is -2.19. The van der Waals surface area contributed by atoms with Gasteiger partial charge in [-0.15, -0.1) is 0 Å². The molecule has 1 heterocycles. The zero-order chi connectivity index (χ0) is 14.8. The third kappa shape index (κ3) is 3.44. The maximum Gasteiger partial charge on any atom is 0.238 e. The fourth-order valence-electron chi connectivity index (χ4n) is 1.90. The van der Waals surface area contributed by atoms with Gasteiger partial charge in [0, 0.05) is 23.8 Å². The molecule has 0 fully saturated rings. The minimum Gasteiger partial charge on any atom is -0.306 e. The number of hydrogen-bond acceptors (Lipinski definition) is 4. The van der Waals surface area contributed by atoms with Crippen LogP contribution in [0, 0.1) is 6.92 Å². The van der Waals surface area contributed by atoms with Gasteiger partial charge in [0.25, 0.3) is 0 Å². The Morgan fingerprint density at radius 2 is 2.20 bits per heavy atom. The largest absolute Gasteiger partial charge is 0.306 e. The molecular weight excluding hydrogens is 276 g/mol. The van der Waals surface area contributed by atoms with Crippen molar-refractivity contribution in [2.24, 2.45) is 5.14 Å². The summed E-state index contributed by atoms with van der Waals surface area (Å²) in [6.07, 6.45) is 1.77. The summed E-state index contributed by atoms with van der Waals surface area (Å²) in [4.78, 5) is 0.128. The van der Waals surface area contributed by atoms with Gasteiger partial charge in [-0.3, -0.25) is 5.10 Å². The highest BCUT2D eigenvalue weighted by molar-refractivity contribution is 7.89. The van der Waals surface area contributed by atoms with Crippen molar-refractivity contribution in [3.05, 3.63) is 47.3 Å². The second kappa shape index (κ2) is 5.74. The number of aromatic nitrogens is 2. The van der Waals surface area contributed by atoms with Gasteiger partial charge in [0.15, 0.2) is 0 Å². The minimum atomic E-state index is -3.67. The molecule has 0 spiro atoms. The molecular formula is C13H18N4O2S. The van der Waals surface area contributed by atoms with E-state index >= 15 is 0 Å². The molecule has 1 atom stereocenters. The maximum atomic E-state index is 11.3. The molecule has 0 amide bonds. The average molecular weight is 294 g/mol. The van der Waals surface area contributed by atoms with Crippen molar-refractivity contribution in [3.63, 3.8) is 0 Å². The Hall–Kier alpha value is -1.70. The lowest BCUT2D eigenvalue weighted by atomic mass is 10.1. The SMILES string of the molecule is Cc1[nH]ncc1CNC(C)c1cccc(S(N)(=O)=O)c1. The van der Waals surface area contributed by atoms with Crippen molar-refractivity contribution in [1.82, 2.24) is 15.5 Å². The van der Waals surface area contributed by atoms with E-state index in [-0.39, 0.29) is 10.9 Å². The van der Waals surface area contributed by atoms with Gasteiger partial charge in [0.2, 0.25) is 10.0 Å². The van der Waals surface area contributed by atoms with Crippen LogP contribution in [0.1, 0.15) is 29.8 Å². The molecule has 6 nitrogen and oxygen atoms in total. The van der Waals surface area contributed by atoms with Crippen LogP contribution in [0.15, 0.2) is 35.4 Å². The summed E-state index contributed by atoms with van der Waals surface area (Å²) >= 11 is 0. The van der Waals surface area contributed by atoms with Crippen LogP contribution in [0.3, 0.4) is 0 Å². The Balaban J connectivity index is 2.10. The number of nitrogens with one attached hydrogen (secondary N) is 2. The number of benzene rings is 1. The van der Waals surface area contributed by atoms with E-state index in [0.29, 0.717) is 6.54 Å². The van der Waals surface area contributed by atoms with Crippen LogP contribution >= 0.6 is 0 Å². The normalized spacial score (nSPS) is 13.3. The van der Waals surface area contributed by atoms with Crippen LogP contribution < -0.4 is 10.5 Å². The van der Waals surface area contributed by atoms with Crippen LogP contribution in [0.5, 0.6) is 0 Å². The number of H-pyrrole nitrogens is 1. The van der Waals surface area contributed by atoms with E-state index in [0.717, 1.165) is 16.8 Å². The van der Waals surface area contributed by atoms with Crippen molar-refractivity contribution in [2.45, 2.75) is 31.3 Å². The number of aryl methyl sites for hydroxylation is 1. The summed E-state index contributed by atoms with van der Waals surface area (Å²) in [5, 5.41) is 15.3. The van der Waals surface area contributed by atoms with Gasteiger partial charge in [-0.1, -0.05) is 12.1 Å². The zero-order valence-corrected chi connectivity index (χ0v) is 12.2. The maximum absolute atomic E-state index is 11.3. The first kappa shape index (κ1) is 14.7. The molecule has 7 heteroatoms. The minimum absolute atomic E-state index is 0.00556. The van der Waals surface area contributed by atoms with Gasteiger partial charge in [-0.2, -0.15) is 5.10 Å².